The van der Waals surface area contributed by atoms with Crippen LogP contribution >= 0.6 is 0 Å². The standard InChI is InChI=1S/C14H15N3O/c1-15-14(18)11-8-17(9-11)13-12-5-3-2-4-10(12)6-7-16-13/h2-7,11H,8-9H2,1H3,(H,15,18). The van der Waals surface area contributed by atoms with E-state index in [0.717, 1.165) is 24.3 Å². The van der Waals surface area contributed by atoms with Crippen LogP contribution in [0.5, 0.6) is 0 Å². The molecule has 0 bridgehead atoms. The third-order valence-electron chi connectivity index (χ3n) is 3.45. The smallest absolute Gasteiger partial charge is 0.226 e. The summed E-state index contributed by atoms with van der Waals surface area (Å²) in [7, 11) is 1.68. The molecule has 18 heavy (non-hydrogen) atoms. The van der Waals surface area contributed by atoms with Crippen molar-refractivity contribution >= 4 is 22.5 Å². The van der Waals surface area contributed by atoms with Crippen molar-refractivity contribution in [1.29, 1.82) is 0 Å². The fraction of sp³-hybridized carbons (Fsp3) is 0.286. The number of benzene rings is 1. The molecule has 1 aliphatic rings. The SMILES string of the molecule is CNC(=O)C1CN(c2nccc3ccccc23)C1. The van der Waals surface area contributed by atoms with Gasteiger partial charge in [0.05, 0.1) is 5.92 Å². The van der Waals surface area contributed by atoms with Crippen LogP contribution in [0.1, 0.15) is 0 Å². The maximum atomic E-state index is 11.5. The van der Waals surface area contributed by atoms with E-state index < -0.39 is 0 Å². The van der Waals surface area contributed by atoms with Crippen LogP contribution in [-0.4, -0.2) is 31.0 Å². The normalized spacial score (nSPS) is 15.5. The van der Waals surface area contributed by atoms with Crippen LogP contribution in [0.3, 0.4) is 0 Å². The molecule has 0 spiro atoms. The Labute approximate surface area is 106 Å². The molecule has 4 nitrogen and oxygen atoms in total. The number of anilines is 1. The van der Waals surface area contributed by atoms with Gasteiger partial charge in [0, 0.05) is 31.7 Å². The summed E-state index contributed by atoms with van der Waals surface area (Å²) in [5.41, 5.74) is 0. The molecule has 0 atom stereocenters. The topological polar surface area (TPSA) is 45.2 Å². The van der Waals surface area contributed by atoms with Crippen LogP contribution < -0.4 is 10.2 Å². The number of nitrogens with zero attached hydrogens (tertiary/aromatic N) is 2. The first-order valence-electron chi connectivity index (χ1n) is 6.10. The van der Waals surface area contributed by atoms with Gasteiger partial charge in [0.1, 0.15) is 5.82 Å². The lowest BCUT2D eigenvalue weighted by atomic mass is 9.98. The maximum absolute atomic E-state index is 11.5. The van der Waals surface area contributed by atoms with Crippen molar-refractivity contribution in [1.82, 2.24) is 10.3 Å². The molecule has 1 aromatic carbocycles. The molecule has 0 aliphatic carbocycles. The number of carbonyl (C=O) groups excluding carboxylic acids is 1. The molecule has 0 radical (unpaired) electrons. The molecular weight excluding hydrogens is 226 g/mol. The second-order valence-corrected chi connectivity index (χ2v) is 4.57. The zero-order valence-electron chi connectivity index (χ0n) is 10.3. The summed E-state index contributed by atoms with van der Waals surface area (Å²) in [6.07, 6.45) is 1.82. The lowest BCUT2D eigenvalue weighted by molar-refractivity contribution is -0.125. The lowest BCUT2D eigenvalue weighted by Gasteiger charge is -2.39. The molecular formula is C14H15N3O. The van der Waals surface area contributed by atoms with E-state index in [9.17, 15) is 4.79 Å². The summed E-state index contributed by atoms with van der Waals surface area (Å²) in [4.78, 5) is 18.1. The summed E-state index contributed by atoms with van der Waals surface area (Å²) in [6, 6.07) is 10.2. The molecule has 1 aromatic heterocycles. The molecule has 2 aromatic rings. The molecule has 1 saturated heterocycles. The van der Waals surface area contributed by atoms with E-state index in [0.29, 0.717) is 0 Å². The van der Waals surface area contributed by atoms with Gasteiger partial charge >= 0.3 is 0 Å². The molecule has 1 fully saturated rings. The van der Waals surface area contributed by atoms with Gasteiger partial charge in [-0.1, -0.05) is 24.3 Å². The zero-order chi connectivity index (χ0) is 12.5. The van der Waals surface area contributed by atoms with Gasteiger partial charge in [0.15, 0.2) is 0 Å². The van der Waals surface area contributed by atoms with Crippen LogP contribution in [0.25, 0.3) is 10.8 Å². The number of fused-ring (bicyclic) bond motifs is 1. The van der Waals surface area contributed by atoms with Crippen molar-refractivity contribution in [2.45, 2.75) is 0 Å². The Bertz CT molecular complexity index is 585. The van der Waals surface area contributed by atoms with E-state index >= 15 is 0 Å². The second kappa shape index (κ2) is 4.29. The monoisotopic (exact) mass is 241 g/mol. The predicted molar refractivity (Wildman–Crippen MR) is 71.5 cm³/mol. The van der Waals surface area contributed by atoms with Gasteiger partial charge in [-0.25, -0.2) is 4.98 Å². The predicted octanol–water partition coefficient (Wildman–Crippen LogP) is 1.42. The maximum Gasteiger partial charge on any atom is 0.226 e. The van der Waals surface area contributed by atoms with Crippen molar-refractivity contribution in [3.05, 3.63) is 36.5 Å². The van der Waals surface area contributed by atoms with Gasteiger partial charge in [-0.15, -0.1) is 0 Å². The highest BCUT2D eigenvalue weighted by Crippen LogP contribution is 2.29. The molecule has 2 heterocycles. The number of amides is 1. The summed E-state index contributed by atoms with van der Waals surface area (Å²) in [6.45, 7) is 1.50. The van der Waals surface area contributed by atoms with Gasteiger partial charge in [0.25, 0.3) is 0 Å². The summed E-state index contributed by atoms with van der Waals surface area (Å²) in [5, 5.41) is 5.02. The van der Waals surface area contributed by atoms with Crippen LogP contribution in [0, 0.1) is 5.92 Å². The third kappa shape index (κ3) is 1.70. The average molecular weight is 241 g/mol. The Morgan fingerprint density at radius 3 is 2.89 bits per heavy atom. The summed E-state index contributed by atoms with van der Waals surface area (Å²) >= 11 is 0. The fourth-order valence-electron chi connectivity index (χ4n) is 2.38. The molecule has 1 aliphatic heterocycles. The van der Waals surface area contributed by atoms with Crippen molar-refractivity contribution in [2.75, 3.05) is 25.0 Å². The van der Waals surface area contributed by atoms with Crippen molar-refractivity contribution < 1.29 is 4.79 Å². The molecule has 0 saturated carbocycles. The first kappa shape index (κ1) is 11.0. The molecule has 4 heteroatoms. The fourth-order valence-corrected chi connectivity index (χ4v) is 2.38. The Morgan fingerprint density at radius 2 is 2.11 bits per heavy atom. The van der Waals surface area contributed by atoms with Gasteiger partial charge in [-0.2, -0.15) is 0 Å². The van der Waals surface area contributed by atoms with Crippen LogP contribution in [0.4, 0.5) is 5.82 Å². The molecule has 1 N–H and O–H groups in total. The van der Waals surface area contributed by atoms with E-state index in [2.05, 4.69) is 27.3 Å². The summed E-state index contributed by atoms with van der Waals surface area (Å²) < 4.78 is 0. The minimum absolute atomic E-state index is 0.0933. The highest BCUT2D eigenvalue weighted by molar-refractivity contribution is 5.93. The summed E-state index contributed by atoms with van der Waals surface area (Å²) in [5.74, 6) is 1.19. The minimum Gasteiger partial charge on any atom is -0.359 e. The average Bonchev–Trinajstić information content (AvgIpc) is 2.37. The zero-order valence-corrected chi connectivity index (χ0v) is 10.3. The van der Waals surface area contributed by atoms with E-state index in [1.165, 1.54) is 5.39 Å². The highest BCUT2D eigenvalue weighted by atomic mass is 16.1. The van der Waals surface area contributed by atoms with Gasteiger partial charge in [0.2, 0.25) is 5.91 Å². The Kier molecular flexibility index (Phi) is 2.63. The first-order chi connectivity index (χ1) is 8.79. The lowest BCUT2D eigenvalue weighted by Crippen LogP contribution is -2.53. The molecule has 3 rings (SSSR count). The van der Waals surface area contributed by atoms with E-state index in [1.807, 2.05) is 24.4 Å². The largest absolute Gasteiger partial charge is 0.359 e. The van der Waals surface area contributed by atoms with Crippen LogP contribution in [0.15, 0.2) is 36.5 Å². The van der Waals surface area contributed by atoms with E-state index in [4.69, 9.17) is 0 Å². The third-order valence-corrected chi connectivity index (χ3v) is 3.45. The van der Waals surface area contributed by atoms with Crippen molar-refractivity contribution in [3.63, 3.8) is 0 Å². The Balaban J connectivity index is 1.87. The molecule has 92 valence electrons. The second-order valence-electron chi connectivity index (χ2n) is 4.57. The minimum atomic E-state index is 0.0933. The van der Waals surface area contributed by atoms with Gasteiger partial charge < -0.3 is 10.2 Å². The number of hydrogen-bond acceptors (Lipinski definition) is 3. The van der Waals surface area contributed by atoms with Crippen LogP contribution in [0.2, 0.25) is 0 Å². The van der Waals surface area contributed by atoms with Crippen molar-refractivity contribution in [2.24, 2.45) is 5.92 Å². The number of pyridine rings is 1. The quantitative estimate of drug-likeness (QED) is 0.864. The number of rotatable bonds is 2. The van der Waals surface area contributed by atoms with Gasteiger partial charge in [-0.3, -0.25) is 4.79 Å². The van der Waals surface area contributed by atoms with Gasteiger partial charge in [-0.05, 0) is 11.5 Å². The molecule has 1 amide bonds. The van der Waals surface area contributed by atoms with E-state index in [-0.39, 0.29) is 11.8 Å². The number of carbonyl (C=O) groups is 1. The van der Waals surface area contributed by atoms with Crippen LogP contribution in [-0.2, 0) is 4.79 Å². The highest BCUT2D eigenvalue weighted by Gasteiger charge is 2.33. The number of aromatic nitrogens is 1. The van der Waals surface area contributed by atoms with Crippen molar-refractivity contribution in [3.8, 4) is 0 Å². The Hall–Kier alpha value is -2.10. The number of nitrogens with one attached hydrogen (secondary N) is 1. The van der Waals surface area contributed by atoms with E-state index in [1.54, 1.807) is 7.05 Å². The molecule has 0 unspecified atom stereocenters. The number of hydrogen-bond donors (Lipinski definition) is 1. The first-order valence-corrected chi connectivity index (χ1v) is 6.10. The Morgan fingerprint density at radius 1 is 1.33 bits per heavy atom.